The molecule has 1 aromatic heterocycles. The molecule has 2 N–H and O–H groups in total. The number of rotatable bonds is 7. The average molecular weight is 398 g/mol. The minimum Gasteiger partial charge on any atom is -0.497 e. The van der Waals surface area contributed by atoms with Crippen LogP contribution in [0, 0.1) is 11.7 Å². The van der Waals surface area contributed by atoms with E-state index in [0.29, 0.717) is 34.3 Å². The third-order valence-corrected chi connectivity index (χ3v) is 4.59. The molecule has 3 rings (SSSR count). The predicted octanol–water partition coefficient (Wildman–Crippen LogP) is 3.96. The van der Waals surface area contributed by atoms with E-state index in [4.69, 9.17) is 21.7 Å². The molecule has 146 valence electrons. The molecule has 0 spiro atoms. The summed E-state index contributed by atoms with van der Waals surface area (Å²) in [7, 11) is 3.12. The number of hydrogen-bond acceptors (Lipinski definition) is 5. The zero-order valence-electron chi connectivity index (χ0n) is 16.0. The zero-order valence-corrected chi connectivity index (χ0v) is 16.8. The molecule has 28 heavy (non-hydrogen) atoms. The Bertz CT molecular complexity index is 1040. The van der Waals surface area contributed by atoms with Gasteiger partial charge in [0.25, 0.3) is 0 Å². The van der Waals surface area contributed by atoms with Crippen LogP contribution >= 0.6 is 12.2 Å². The van der Waals surface area contributed by atoms with Crippen molar-refractivity contribution in [3.05, 3.63) is 52.8 Å². The van der Waals surface area contributed by atoms with Gasteiger partial charge in [-0.15, -0.1) is 0 Å². The molecule has 0 saturated heterocycles. The minimum atomic E-state index is -0.151. The van der Waals surface area contributed by atoms with Crippen LogP contribution in [0.2, 0.25) is 0 Å². The number of aromatic amines is 1. The standard InChI is InChI=1S/C20H22N4O3S/c1-13-5-4-6-14(11-13)19-22-23-20(28)24(19)10-9-18(25)21-16-8-7-15(26-2)12-17(16)27-3/h4-8,11-12H,9-10H2,1-3H3,(H,21,25)(H,23,28). The summed E-state index contributed by atoms with van der Waals surface area (Å²) in [6.45, 7) is 2.42. The number of H-pyrrole nitrogens is 1. The second-order valence-corrected chi connectivity index (χ2v) is 6.62. The third kappa shape index (κ3) is 4.40. The van der Waals surface area contributed by atoms with Gasteiger partial charge in [-0.25, -0.2) is 0 Å². The van der Waals surface area contributed by atoms with E-state index in [-0.39, 0.29) is 12.3 Å². The van der Waals surface area contributed by atoms with E-state index >= 15 is 0 Å². The van der Waals surface area contributed by atoms with E-state index in [1.165, 1.54) is 0 Å². The molecular formula is C20H22N4O3S. The predicted molar refractivity (Wildman–Crippen MR) is 110 cm³/mol. The lowest BCUT2D eigenvalue weighted by molar-refractivity contribution is -0.116. The number of hydrogen-bond donors (Lipinski definition) is 2. The molecule has 3 aromatic rings. The van der Waals surface area contributed by atoms with E-state index in [0.717, 1.165) is 11.1 Å². The lowest BCUT2D eigenvalue weighted by Gasteiger charge is -2.12. The molecule has 0 radical (unpaired) electrons. The van der Waals surface area contributed by atoms with Gasteiger partial charge < -0.3 is 14.8 Å². The first-order valence-electron chi connectivity index (χ1n) is 8.76. The summed E-state index contributed by atoms with van der Waals surface area (Å²) in [6.07, 6.45) is 0.238. The first kappa shape index (κ1) is 19.6. The number of nitrogens with zero attached hydrogens (tertiary/aromatic N) is 2. The fourth-order valence-corrected chi connectivity index (χ4v) is 3.08. The summed E-state index contributed by atoms with van der Waals surface area (Å²) < 4.78 is 12.8. The van der Waals surface area contributed by atoms with Crippen LogP contribution in [0.1, 0.15) is 12.0 Å². The maximum absolute atomic E-state index is 12.5. The second-order valence-electron chi connectivity index (χ2n) is 6.24. The van der Waals surface area contributed by atoms with Crippen molar-refractivity contribution < 1.29 is 14.3 Å². The van der Waals surface area contributed by atoms with Crippen molar-refractivity contribution in [3.8, 4) is 22.9 Å². The molecule has 0 bridgehead atoms. The SMILES string of the molecule is COc1ccc(NC(=O)CCn2c(-c3cccc(C)c3)n[nH]c2=S)c(OC)c1. The number of carbonyl (C=O) groups excluding carboxylic acids is 1. The van der Waals surface area contributed by atoms with Crippen molar-refractivity contribution in [2.75, 3.05) is 19.5 Å². The Morgan fingerprint density at radius 3 is 2.75 bits per heavy atom. The van der Waals surface area contributed by atoms with Gasteiger partial charge in [0, 0.05) is 24.6 Å². The van der Waals surface area contributed by atoms with Crippen molar-refractivity contribution in [1.29, 1.82) is 0 Å². The Morgan fingerprint density at radius 2 is 2.04 bits per heavy atom. The van der Waals surface area contributed by atoms with Gasteiger partial charge >= 0.3 is 0 Å². The number of amides is 1. The quantitative estimate of drug-likeness (QED) is 0.589. The molecule has 0 aliphatic heterocycles. The first-order chi connectivity index (χ1) is 13.5. The van der Waals surface area contributed by atoms with E-state index < -0.39 is 0 Å². The van der Waals surface area contributed by atoms with Crippen LogP contribution in [-0.2, 0) is 11.3 Å². The Kier molecular flexibility index (Phi) is 6.10. The molecule has 8 heteroatoms. The van der Waals surface area contributed by atoms with E-state index in [1.54, 1.807) is 32.4 Å². The smallest absolute Gasteiger partial charge is 0.226 e. The third-order valence-electron chi connectivity index (χ3n) is 4.28. The maximum Gasteiger partial charge on any atom is 0.226 e. The highest BCUT2D eigenvalue weighted by molar-refractivity contribution is 7.71. The molecule has 0 saturated carbocycles. The van der Waals surface area contributed by atoms with E-state index in [9.17, 15) is 4.79 Å². The summed E-state index contributed by atoms with van der Waals surface area (Å²) >= 11 is 5.33. The van der Waals surface area contributed by atoms with Crippen molar-refractivity contribution in [2.45, 2.75) is 19.9 Å². The minimum absolute atomic E-state index is 0.151. The molecular weight excluding hydrogens is 376 g/mol. The Hall–Kier alpha value is -3.13. The number of aromatic nitrogens is 3. The van der Waals surface area contributed by atoms with Crippen LogP contribution in [0.15, 0.2) is 42.5 Å². The topological polar surface area (TPSA) is 81.2 Å². The molecule has 0 atom stereocenters. The van der Waals surface area contributed by atoms with Gasteiger partial charge in [0.1, 0.15) is 11.5 Å². The fraction of sp³-hybridized carbons (Fsp3) is 0.250. The van der Waals surface area contributed by atoms with Crippen molar-refractivity contribution in [1.82, 2.24) is 14.8 Å². The lowest BCUT2D eigenvalue weighted by atomic mass is 10.1. The molecule has 0 aliphatic rings. The van der Waals surface area contributed by atoms with Gasteiger partial charge in [-0.3, -0.25) is 14.5 Å². The van der Waals surface area contributed by atoms with Crippen LogP contribution in [0.25, 0.3) is 11.4 Å². The molecule has 1 amide bonds. The Balaban J connectivity index is 1.72. The molecule has 7 nitrogen and oxygen atoms in total. The monoisotopic (exact) mass is 398 g/mol. The maximum atomic E-state index is 12.5. The van der Waals surface area contributed by atoms with Gasteiger partial charge in [-0.2, -0.15) is 5.10 Å². The van der Waals surface area contributed by atoms with Crippen LogP contribution < -0.4 is 14.8 Å². The molecule has 0 unspecified atom stereocenters. The fourth-order valence-electron chi connectivity index (χ4n) is 2.86. The molecule has 0 aliphatic carbocycles. The summed E-state index contributed by atoms with van der Waals surface area (Å²) in [4.78, 5) is 12.5. The van der Waals surface area contributed by atoms with Crippen molar-refractivity contribution in [2.24, 2.45) is 0 Å². The number of methoxy groups -OCH3 is 2. The van der Waals surface area contributed by atoms with Crippen molar-refractivity contribution >= 4 is 23.8 Å². The number of ether oxygens (including phenoxy) is 2. The summed E-state index contributed by atoms with van der Waals surface area (Å²) in [6, 6.07) is 13.2. The molecule has 1 heterocycles. The molecule has 2 aromatic carbocycles. The number of anilines is 1. The highest BCUT2D eigenvalue weighted by Crippen LogP contribution is 2.29. The number of carbonyl (C=O) groups is 1. The van der Waals surface area contributed by atoms with Gasteiger partial charge in [-0.05, 0) is 37.3 Å². The van der Waals surface area contributed by atoms with Gasteiger partial charge in [-0.1, -0.05) is 23.8 Å². The highest BCUT2D eigenvalue weighted by atomic mass is 32.1. The second kappa shape index (κ2) is 8.71. The van der Waals surface area contributed by atoms with E-state index in [1.807, 2.05) is 35.8 Å². The van der Waals surface area contributed by atoms with Crippen LogP contribution in [0.5, 0.6) is 11.5 Å². The number of nitrogens with one attached hydrogen (secondary N) is 2. The normalized spacial score (nSPS) is 10.5. The number of aryl methyl sites for hydroxylation is 1. The Morgan fingerprint density at radius 1 is 1.21 bits per heavy atom. The summed E-state index contributed by atoms with van der Waals surface area (Å²) in [5.74, 6) is 1.75. The summed E-state index contributed by atoms with van der Waals surface area (Å²) in [5, 5.41) is 9.99. The first-order valence-corrected chi connectivity index (χ1v) is 9.16. The largest absolute Gasteiger partial charge is 0.497 e. The highest BCUT2D eigenvalue weighted by Gasteiger charge is 2.13. The Labute approximate surface area is 168 Å². The van der Waals surface area contributed by atoms with Crippen LogP contribution in [-0.4, -0.2) is 34.9 Å². The van der Waals surface area contributed by atoms with Gasteiger partial charge in [0.05, 0.1) is 19.9 Å². The average Bonchev–Trinajstić information content (AvgIpc) is 3.07. The van der Waals surface area contributed by atoms with Crippen molar-refractivity contribution in [3.63, 3.8) is 0 Å². The lowest BCUT2D eigenvalue weighted by Crippen LogP contribution is -2.15. The number of benzene rings is 2. The van der Waals surface area contributed by atoms with Crippen LogP contribution in [0.3, 0.4) is 0 Å². The van der Waals surface area contributed by atoms with Gasteiger partial charge in [0.15, 0.2) is 10.6 Å². The van der Waals surface area contributed by atoms with Gasteiger partial charge in [0.2, 0.25) is 5.91 Å². The summed E-state index contributed by atoms with van der Waals surface area (Å²) in [5.41, 5.74) is 2.66. The van der Waals surface area contributed by atoms with Crippen LogP contribution in [0.4, 0.5) is 5.69 Å². The molecule has 0 fully saturated rings. The van der Waals surface area contributed by atoms with E-state index in [2.05, 4.69) is 15.5 Å². The zero-order chi connectivity index (χ0) is 20.1.